The Balaban J connectivity index is 1.76. The van der Waals surface area contributed by atoms with Crippen LogP contribution in [0.1, 0.15) is 21.5 Å². The molecular weight excluding hydrogens is 417 g/mol. The Kier molecular flexibility index (Phi) is 6.38. The molecule has 0 aliphatic rings. The van der Waals surface area contributed by atoms with Crippen LogP contribution in [0.3, 0.4) is 0 Å². The summed E-state index contributed by atoms with van der Waals surface area (Å²) in [5.74, 6) is -0.173. The van der Waals surface area contributed by atoms with Crippen LogP contribution in [0.25, 0.3) is 11.6 Å². The Bertz CT molecular complexity index is 1100. The van der Waals surface area contributed by atoms with Gasteiger partial charge in [-0.1, -0.05) is 59.1 Å². The van der Waals surface area contributed by atoms with Crippen LogP contribution in [-0.4, -0.2) is 5.97 Å². The number of nitriles is 1. The number of halogens is 3. The van der Waals surface area contributed by atoms with E-state index in [9.17, 15) is 10.1 Å². The SMILES string of the molecule is N#C/C(=C/c1ccc(OC(=O)c2ccc(Cl)c(Cl)c2)cc1)c1cccc(Cl)c1. The number of esters is 1. The van der Waals surface area contributed by atoms with E-state index in [1.54, 1.807) is 48.5 Å². The average Bonchev–Trinajstić information content (AvgIpc) is 2.69. The molecule has 0 aliphatic heterocycles. The number of nitrogens with zero attached hydrogens (tertiary/aromatic N) is 1. The Labute approximate surface area is 177 Å². The lowest BCUT2D eigenvalue weighted by Crippen LogP contribution is -2.08. The van der Waals surface area contributed by atoms with Crippen molar-refractivity contribution in [2.75, 3.05) is 0 Å². The predicted molar refractivity (Wildman–Crippen MR) is 113 cm³/mol. The second kappa shape index (κ2) is 8.95. The molecule has 3 rings (SSSR count). The van der Waals surface area contributed by atoms with Crippen molar-refractivity contribution in [1.29, 1.82) is 5.26 Å². The molecule has 0 saturated heterocycles. The molecule has 0 saturated carbocycles. The van der Waals surface area contributed by atoms with Crippen LogP contribution in [0.2, 0.25) is 15.1 Å². The molecule has 3 aromatic rings. The molecule has 28 heavy (non-hydrogen) atoms. The van der Waals surface area contributed by atoms with Crippen LogP contribution in [0.15, 0.2) is 66.7 Å². The molecular formula is C22H12Cl3NO2. The number of rotatable bonds is 4. The van der Waals surface area contributed by atoms with Gasteiger partial charge in [-0.3, -0.25) is 0 Å². The first-order chi connectivity index (χ1) is 13.5. The highest BCUT2D eigenvalue weighted by molar-refractivity contribution is 6.42. The largest absolute Gasteiger partial charge is 0.423 e. The first kappa shape index (κ1) is 20.0. The van der Waals surface area contributed by atoms with E-state index in [4.69, 9.17) is 39.5 Å². The number of benzene rings is 3. The monoisotopic (exact) mass is 427 g/mol. The predicted octanol–water partition coefficient (Wildman–Crippen LogP) is 6.93. The molecule has 0 aliphatic carbocycles. The first-order valence-electron chi connectivity index (χ1n) is 8.11. The van der Waals surface area contributed by atoms with Gasteiger partial charge in [-0.15, -0.1) is 0 Å². The fourth-order valence-corrected chi connectivity index (χ4v) is 2.91. The van der Waals surface area contributed by atoms with Gasteiger partial charge in [-0.2, -0.15) is 5.26 Å². The van der Waals surface area contributed by atoms with E-state index in [2.05, 4.69) is 6.07 Å². The minimum Gasteiger partial charge on any atom is -0.423 e. The normalized spacial score (nSPS) is 11.0. The fraction of sp³-hybridized carbons (Fsp3) is 0. The van der Waals surface area contributed by atoms with E-state index in [0.717, 1.165) is 11.1 Å². The second-order valence-corrected chi connectivity index (χ2v) is 7.02. The number of hydrogen-bond acceptors (Lipinski definition) is 3. The minimum atomic E-state index is -0.543. The van der Waals surface area contributed by atoms with Gasteiger partial charge in [0.2, 0.25) is 0 Å². The lowest BCUT2D eigenvalue weighted by molar-refractivity contribution is 0.0735. The number of hydrogen-bond donors (Lipinski definition) is 0. The summed E-state index contributed by atoms with van der Waals surface area (Å²) >= 11 is 17.8. The highest BCUT2D eigenvalue weighted by Gasteiger charge is 2.11. The van der Waals surface area contributed by atoms with Crippen molar-refractivity contribution in [3.63, 3.8) is 0 Å². The van der Waals surface area contributed by atoms with E-state index >= 15 is 0 Å². The summed E-state index contributed by atoms with van der Waals surface area (Å²) < 4.78 is 5.34. The maximum Gasteiger partial charge on any atom is 0.343 e. The molecule has 0 heterocycles. The van der Waals surface area contributed by atoms with Crippen LogP contribution < -0.4 is 4.74 Å². The molecule has 3 nitrogen and oxygen atoms in total. The van der Waals surface area contributed by atoms with Gasteiger partial charge in [0.05, 0.1) is 27.3 Å². The summed E-state index contributed by atoms with van der Waals surface area (Å²) in [6.45, 7) is 0. The third-order valence-corrected chi connectivity index (χ3v) is 4.79. The van der Waals surface area contributed by atoms with Gasteiger partial charge < -0.3 is 4.74 Å². The van der Waals surface area contributed by atoms with E-state index in [1.807, 2.05) is 6.07 Å². The van der Waals surface area contributed by atoms with Gasteiger partial charge in [0.1, 0.15) is 5.75 Å². The van der Waals surface area contributed by atoms with Gasteiger partial charge >= 0.3 is 5.97 Å². The van der Waals surface area contributed by atoms with Crippen molar-refractivity contribution >= 4 is 52.4 Å². The summed E-state index contributed by atoms with van der Waals surface area (Å²) in [6, 6.07) is 20.6. The Morgan fingerprint density at radius 2 is 1.64 bits per heavy atom. The van der Waals surface area contributed by atoms with Crippen molar-refractivity contribution < 1.29 is 9.53 Å². The zero-order chi connectivity index (χ0) is 20.1. The summed E-state index contributed by atoms with van der Waals surface area (Å²) in [5.41, 5.74) is 2.28. The lowest BCUT2D eigenvalue weighted by Gasteiger charge is -2.06. The number of carbonyl (C=O) groups is 1. The summed E-state index contributed by atoms with van der Waals surface area (Å²) in [4.78, 5) is 12.2. The van der Waals surface area contributed by atoms with Crippen LogP contribution in [0.4, 0.5) is 0 Å². The van der Waals surface area contributed by atoms with Gasteiger partial charge in [-0.25, -0.2) is 4.79 Å². The Morgan fingerprint density at radius 1 is 0.893 bits per heavy atom. The lowest BCUT2D eigenvalue weighted by atomic mass is 10.0. The number of ether oxygens (including phenoxy) is 1. The van der Waals surface area contributed by atoms with Crippen LogP contribution in [0, 0.1) is 11.3 Å². The van der Waals surface area contributed by atoms with Crippen LogP contribution in [-0.2, 0) is 0 Å². The van der Waals surface area contributed by atoms with E-state index in [0.29, 0.717) is 26.9 Å². The molecule has 0 fully saturated rings. The molecule has 0 aromatic heterocycles. The average molecular weight is 429 g/mol. The molecule has 0 radical (unpaired) electrons. The zero-order valence-electron chi connectivity index (χ0n) is 14.3. The van der Waals surface area contributed by atoms with E-state index in [1.165, 1.54) is 18.2 Å². The maximum atomic E-state index is 12.2. The van der Waals surface area contributed by atoms with Crippen LogP contribution >= 0.6 is 34.8 Å². The Hall–Kier alpha value is -2.77. The fourth-order valence-electron chi connectivity index (χ4n) is 2.42. The topological polar surface area (TPSA) is 50.1 Å². The standard InChI is InChI=1S/C22H12Cl3NO2/c23-18-3-1-2-15(11-18)17(13-26)10-14-4-7-19(8-5-14)28-22(27)16-6-9-20(24)21(25)12-16/h1-12H/b17-10-. The first-order valence-corrected chi connectivity index (χ1v) is 9.24. The Morgan fingerprint density at radius 3 is 2.29 bits per heavy atom. The van der Waals surface area contributed by atoms with Crippen molar-refractivity contribution in [1.82, 2.24) is 0 Å². The van der Waals surface area contributed by atoms with E-state index < -0.39 is 5.97 Å². The van der Waals surface area contributed by atoms with Crippen molar-refractivity contribution in [2.45, 2.75) is 0 Å². The zero-order valence-corrected chi connectivity index (χ0v) is 16.6. The van der Waals surface area contributed by atoms with Crippen molar-refractivity contribution in [2.24, 2.45) is 0 Å². The van der Waals surface area contributed by atoms with Crippen LogP contribution in [0.5, 0.6) is 5.75 Å². The molecule has 6 heteroatoms. The van der Waals surface area contributed by atoms with Gasteiger partial charge in [0, 0.05) is 5.02 Å². The number of carbonyl (C=O) groups excluding carboxylic acids is 1. The molecule has 0 atom stereocenters. The third-order valence-electron chi connectivity index (χ3n) is 3.81. The van der Waals surface area contributed by atoms with Crippen molar-refractivity contribution in [3.8, 4) is 11.8 Å². The van der Waals surface area contributed by atoms with E-state index in [-0.39, 0.29) is 5.02 Å². The smallest absolute Gasteiger partial charge is 0.343 e. The molecule has 0 spiro atoms. The molecule has 0 amide bonds. The summed E-state index contributed by atoms with van der Waals surface area (Å²) in [6.07, 6.45) is 1.73. The number of allylic oxidation sites excluding steroid dienone is 1. The maximum absolute atomic E-state index is 12.2. The molecule has 0 bridgehead atoms. The van der Waals surface area contributed by atoms with Crippen molar-refractivity contribution in [3.05, 3.63) is 98.5 Å². The van der Waals surface area contributed by atoms with Gasteiger partial charge in [0.15, 0.2) is 0 Å². The summed E-state index contributed by atoms with van der Waals surface area (Å²) in [5, 5.41) is 10.6. The molecule has 138 valence electrons. The highest BCUT2D eigenvalue weighted by atomic mass is 35.5. The molecule has 0 unspecified atom stereocenters. The quantitative estimate of drug-likeness (QED) is 0.196. The minimum absolute atomic E-state index is 0.279. The molecule has 0 N–H and O–H groups in total. The van der Waals surface area contributed by atoms with Gasteiger partial charge in [0.25, 0.3) is 0 Å². The second-order valence-electron chi connectivity index (χ2n) is 5.77. The summed E-state index contributed by atoms with van der Waals surface area (Å²) in [7, 11) is 0. The molecule has 3 aromatic carbocycles. The highest BCUT2D eigenvalue weighted by Crippen LogP contribution is 2.25. The third kappa shape index (κ3) is 4.94. The van der Waals surface area contributed by atoms with Gasteiger partial charge in [-0.05, 0) is 59.7 Å².